The van der Waals surface area contributed by atoms with Crippen molar-refractivity contribution >= 4 is 22.8 Å². The second-order valence-electron chi connectivity index (χ2n) is 7.11. The number of benzene rings is 2. The van der Waals surface area contributed by atoms with Gasteiger partial charge in [-0.1, -0.05) is 36.4 Å². The minimum absolute atomic E-state index is 0.239. The predicted molar refractivity (Wildman–Crippen MR) is 107 cm³/mol. The molecule has 7 heteroatoms. The van der Waals surface area contributed by atoms with E-state index in [9.17, 15) is 14.4 Å². The van der Waals surface area contributed by atoms with Crippen molar-refractivity contribution in [3.05, 3.63) is 76.3 Å². The van der Waals surface area contributed by atoms with Crippen LogP contribution < -0.4 is 5.56 Å². The number of rotatable bonds is 4. The number of esters is 1. The molecule has 3 aromatic rings. The average molecular weight is 391 g/mol. The van der Waals surface area contributed by atoms with Crippen molar-refractivity contribution in [1.29, 1.82) is 0 Å². The Bertz CT molecular complexity index is 1140. The second kappa shape index (κ2) is 7.87. The van der Waals surface area contributed by atoms with Gasteiger partial charge in [0.05, 0.1) is 17.2 Å². The maximum atomic E-state index is 12.7. The van der Waals surface area contributed by atoms with E-state index < -0.39 is 12.1 Å². The number of hydrogen-bond acceptors (Lipinski definition) is 5. The van der Waals surface area contributed by atoms with Crippen LogP contribution in [-0.2, 0) is 33.8 Å². The van der Waals surface area contributed by atoms with Crippen LogP contribution in [0.3, 0.4) is 0 Å². The van der Waals surface area contributed by atoms with Crippen LogP contribution in [0.1, 0.15) is 18.1 Å². The molecule has 0 saturated carbocycles. The maximum Gasteiger partial charge on any atom is 0.326 e. The van der Waals surface area contributed by atoms with Crippen LogP contribution in [0.5, 0.6) is 0 Å². The predicted octanol–water partition coefficient (Wildman–Crippen LogP) is 1.91. The van der Waals surface area contributed by atoms with E-state index in [4.69, 9.17) is 4.74 Å². The van der Waals surface area contributed by atoms with Gasteiger partial charge in [0.2, 0.25) is 0 Å². The zero-order valence-corrected chi connectivity index (χ0v) is 16.1. The van der Waals surface area contributed by atoms with E-state index in [1.165, 1.54) is 16.5 Å². The van der Waals surface area contributed by atoms with Crippen LogP contribution in [-0.4, -0.2) is 39.0 Å². The fraction of sp³-hybridized carbons (Fsp3) is 0.273. The topological polar surface area (TPSA) is 81.5 Å². The van der Waals surface area contributed by atoms with Crippen LogP contribution in [0.4, 0.5) is 0 Å². The Balaban J connectivity index is 1.40. The fourth-order valence-electron chi connectivity index (χ4n) is 3.58. The number of para-hydroxylation sites is 1. The van der Waals surface area contributed by atoms with Gasteiger partial charge in [0.25, 0.3) is 11.5 Å². The molecule has 1 aliphatic rings. The van der Waals surface area contributed by atoms with Crippen molar-refractivity contribution in [2.24, 2.45) is 0 Å². The van der Waals surface area contributed by atoms with Crippen LogP contribution in [0.25, 0.3) is 10.9 Å². The lowest BCUT2D eigenvalue weighted by atomic mass is 9.99. The summed E-state index contributed by atoms with van der Waals surface area (Å²) < 4.78 is 6.50. The van der Waals surface area contributed by atoms with Gasteiger partial charge < -0.3 is 9.64 Å². The van der Waals surface area contributed by atoms with Gasteiger partial charge in [-0.15, -0.1) is 0 Å². The normalized spacial score (nSPS) is 14.3. The number of carbonyl (C=O) groups is 2. The Morgan fingerprint density at radius 1 is 1.10 bits per heavy atom. The van der Waals surface area contributed by atoms with Crippen molar-refractivity contribution in [3.8, 4) is 0 Å². The summed E-state index contributed by atoms with van der Waals surface area (Å²) in [6.45, 7) is 2.36. The van der Waals surface area contributed by atoms with Crippen molar-refractivity contribution in [2.45, 2.75) is 32.5 Å². The third kappa shape index (κ3) is 3.89. The molecule has 0 fully saturated rings. The smallest absolute Gasteiger partial charge is 0.326 e. The molecule has 0 radical (unpaired) electrons. The van der Waals surface area contributed by atoms with Gasteiger partial charge >= 0.3 is 5.97 Å². The summed E-state index contributed by atoms with van der Waals surface area (Å²) in [5, 5.41) is 0.430. The minimum Gasteiger partial charge on any atom is -0.451 e. The summed E-state index contributed by atoms with van der Waals surface area (Å²) in [6.07, 6.45) is 1.18. The maximum absolute atomic E-state index is 12.7. The molecule has 2 heterocycles. The molecule has 2 aromatic carbocycles. The molecule has 0 aliphatic carbocycles. The number of amides is 1. The van der Waals surface area contributed by atoms with E-state index >= 15 is 0 Å². The first-order chi connectivity index (χ1) is 14.0. The Hall–Kier alpha value is -3.48. The third-order valence-corrected chi connectivity index (χ3v) is 5.13. The molecule has 0 N–H and O–H groups in total. The highest BCUT2D eigenvalue weighted by molar-refractivity contribution is 5.84. The summed E-state index contributed by atoms with van der Waals surface area (Å²) in [5.74, 6) is -0.890. The van der Waals surface area contributed by atoms with E-state index in [0.717, 1.165) is 12.0 Å². The van der Waals surface area contributed by atoms with Gasteiger partial charge in [-0.3, -0.25) is 19.0 Å². The molecule has 1 aliphatic heterocycles. The van der Waals surface area contributed by atoms with Gasteiger partial charge in [0, 0.05) is 13.1 Å². The Labute approximate surface area is 167 Å². The van der Waals surface area contributed by atoms with Gasteiger partial charge in [-0.2, -0.15) is 0 Å². The minimum atomic E-state index is -0.920. The van der Waals surface area contributed by atoms with E-state index in [-0.39, 0.29) is 18.0 Å². The van der Waals surface area contributed by atoms with Crippen molar-refractivity contribution in [3.63, 3.8) is 0 Å². The first kappa shape index (κ1) is 18.9. The molecular formula is C22H21N3O4. The van der Waals surface area contributed by atoms with Gasteiger partial charge in [-0.25, -0.2) is 4.98 Å². The summed E-state index contributed by atoms with van der Waals surface area (Å²) in [5.41, 5.74) is 2.60. The zero-order valence-electron chi connectivity index (χ0n) is 16.1. The monoisotopic (exact) mass is 391 g/mol. The molecule has 0 unspecified atom stereocenters. The quantitative estimate of drug-likeness (QED) is 0.635. The molecule has 148 valence electrons. The van der Waals surface area contributed by atoms with E-state index in [0.29, 0.717) is 24.0 Å². The number of carbonyl (C=O) groups excluding carboxylic acids is 2. The summed E-state index contributed by atoms with van der Waals surface area (Å²) >= 11 is 0. The molecule has 0 saturated heterocycles. The molecule has 0 spiro atoms. The molecule has 1 aromatic heterocycles. The van der Waals surface area contributed by atoms with Crippen LogP contribution in [0.15, 0.2) is 59.7 Å². The molecule has 29 heavy (non-hydrogen) atoms. The first-order valence-electron chi connectivity index (χ1n) is 9.52. The summed E-state index contributed by atoms with van der Waals surface area (Å²) in [4.78, 5) is 43.4. The fourth-order valence-corrected chi connectivity index (χ4v) is 3.58. The standard InChI is InChI=1S/C22H21N3O4/c1-15(21(27)24-11-10-16-6-2-3-7-17(16)12-24)29-20(26)13-25-14-23-19-9-5-4-8-18(19)22(25)28/h2-9,14-15H,10-13H2,1H3/t15-/m1/s1. The first-order valence-corrected chi connectivity index (χ1v) is 9.52. The van der Waals surface area contributed by atoms with Crippen molar-refractivity contribution < 1.29 is 14.3 Å². The lowest BCUT2D eigenvalue weighted by Crippen LogP contribution is -2.43. The zero-order chi connectivity index (χ0) is 20.4. The lowest BCUT2D eigenvalue weighted by Gasteiger charge is -2.30. The van der Waals surface area contributed by atoms with E-state index in [1.54, 1.807) is 36.1 Å². The SMILES string of the molecule is C[C@@H](OC(=O)Cn1cnc2ccccc2c1=O)C(=O)N1CCc2ccccc2C1. The largest absolute Gasteiger partial charge is 0.451 e. The number of nitrogens with zero attached hydrogens (tertiary/aromatic N) is 3. The highest BCUT2D eigenvalue weighted by atomic mass is 16.5. The molecule has 1 amide bonds. The molecular weight excluding hydrogens is 370 g/mol. The second-order valence-corrected chi connectivity index (χ2v) is 7.11. The van der Waals surface area contributed by atoms with Crippen LogP contribution in [0, 0.1) is 0 Å². The lowest BCUT2D eigenvalue weighted by molar-refractivity contribution is -0.160. The number of hydrogen-bond donors (Lipinski definition) is 0. The van der Waals surface area contributed by atoms with Crippen molar-refractivity contribution in [2.75, 3.05) is 6.54 Å². The highest BCUT2D eigenvalue weighted by Gasteiger charge is 2.27. The van der Waals surface area contributed by atoms with Gasteiger partial charge in [0.15, 0.2) is 6.10 Å². The Morgan fingerprint density at radius 2 is 1.83 bits per heavy atom. The van der Waals surface area contributed by atoms with Gasteiger partial charge in [0.1, 0.15) is 6.54 Å². The molecule has 4 rings (SSSR count). The summed E-state index contributed by atoms with van der Waals surface area (Å²) in [7, 11) is 0. The third-order valence-electron chi connectivity index (χ3n) is 5.13. The average Bonchev–Trinajstić information content (AvgIpc) is 2.75. The molecule has 0 bridgehead atoms. The number of aromatic nitrogens is 2. The Kier molecular flexibility index (Phi) is 5.12. The molecule has 7 nitrogen and oxygen atoms in total. The van der Waals surface area contributed by atoms with Crippen LogP contribution in [0.2, 0.25) is 0 Å². The van der Waals surface area contributed by atoms with Crippen LogP contribution >= 0.6 is 0 Å². The van der Waals surface area contributed by atoms with E-state index in [1.807, 2.05) is 18.2 Å². The van der Waals surface area contributed by atoms with Crippen molar-refractivity contribution in [1.82, 2.24) is 14.5 Å². The number of ether oxygens (including phenoxy) is 1. The molecule has 1 atom stereocenters. The van der Waals surface area contributed by atoms with Gasteiger partial charge in [-0.05, 0) is 36.6 Å². The number of fused-ring (bicyclic) bond motifs is 2. The Morgan fingerprint density at radius 3 is 2.66 bits per heavy atom. The van der Waals surface area contributed by atoms with E-state index in [2.05, 4.69) is 11.1 Å². The summed E-state index contributed by atoms with van der Waals surface area (Å²) in [6, 6.07) is 14.9. The highest BCUT2D eigenvalue weighted by Crippen LogP contribution is 2.19.